The Hall–Kier alpha value is -1.66. The van der Waals surface area contributed by atoms with Crippen molar-refractivity contribution >= 4 is 21.8 Å². The van der Waals surface area contributed by atoms with Crippen molar-refractivity contribution in [2.45, 2.75) is 13.2 Å². The second-order valence-corrected chi connectivity index (χ2v) is 4.74. The van der Waals surface area contributed by atoms with Crippen LogP contribution in [0.2, 0.25) is 0 Å². The lowest BCUT2D eigenvalue weighted by molar-refractivity contribution is 0.0941. The molecule has 0 saturated carbocycles. The zero-order valence-electron chi connectivity index (χ0n) is 10.4. The van der Waals surface area contributed by atoms with Crippen molar-refractivity contribution in [1.29, 1.82) is 0 Å². The summed E-state index contributed by atoms with van der Waals surface area (Å²) in [4.78, 5) is 11.9. The van der Waals surface area contributed by atoms with Crippen molar-refractivity contribution in [2.24, 2.45) is 0 Å². The summed E-state index contributed by atoms with van der Waals surface area (Å²) in [7, 11) is 1.55. The van der Waals surface area contributed by atoms with E-state index in [1.807, 2.05) is 24.3 Å². The summed E-state index contributed by atoms with van der Waals surface area (Å²) in [6.45, 7) is 0.719. The molecule has 1 aromatic heterocycles. The van der Waals surface area contributed by atoms with E-state index in [0.717, 1.165) is 10.0 Å². The molecule has 1 N–H and O–H groups in total. The van der Waals surface area contributed by atoms with E-state index in [0.29, 0.717) is 18.9 Å². The summed E-state index contributed by atoms with van der Waals surface area (Å²) < 4.78 is 10.8. The molecule has 1 heterocycles. The first-order valence-corrected chi connectivity index (χ1v) is 6.46. The Morgan fingerprint density at radius 3 is 3.00 bits per heavy atom. The highest BCUT2D eigenvalue weighted by atomic mass is 79.9. The van der Waals surface area contributed by atoms with Crippen LogP contribution in [-0.4, -0.2) is 18.2 Å². The van der Waals surface area contributed by atoms with Crippen molar-refractivity contribution in [1.82, 2.24) is 10.5 Å². The van der Waals surface area contributed by atoms with Crippen LogP contribution >= 0.6 is 15.9 Å². The first-order chi connectivity index (χ1) is 9.20. The first kappa shape index (κ1) is 13.8. The van der Waals surface area contributed by atoms with Crippen LogP contribution in [0.4, 0.5) is 0 Å². The van der Waals surface area contributed by atoms with Gasteiger partial charge in [0.15, 0.2) is 11.5 Å². The molecule has 0 aliphatic carbocycles. The third-order valence-corrected chi connectivity index (χ3v) is 3.25. The minimum Gasteiger partial charge on any atom is -0.377 e. The maximum Gasteiger partial charge on any atom is 0.273 e. The Labute approximate surface area is 119 Å². The third kappa shape index (κ3) is 3.65. The molecule has 0 saturated heterocycles. The smallest absolute Gasteiger partial charge is 0.273 e. The summed E-state index contributed by atoms with van der Waals surface area (Å²) >= 11 is 3.43. The normalized spacial score (nSPS) is 10.4. The van der Waals surface area contributed by atoms with Crippen LogP contribution in [0.3, 0.4) is 0 Å². The maximum atomic E-state index is 11.9. The van der Waals surface area contributed by atoms with E-state index in [1.165, 1.54) is 0 Å². The molecule has 6 heteroatoms. The largest absolute Gasteiger partial charge is 0.377 e. The number of nitrogens with zero attached hydrogens (tertiary/aromatic N) is 1. The van der Waals surface area contributed by atoms with E-state index in [4.69, 9.17) is 9.26 Å². The fourth-order valence-corrected chi connectivity index (χ4v) is 1.96. The Balaban J connectivity index is 1.95. The number of hydrogen-bond acceptors (Lipinski definition) is 4. The van der Waals surface area contributed by atoms with Gasteiger partial charge in [-0.25, -0.2) is 0 Å². The molecule has 0 aliphatic heterocycles. The molecule has 0 bridgehead atoms. The van der Waals surface area contributed by atoms with Gasteiger partial charge in [-0.05, 0) is 11.6 Å². The van der Waals surface area contributed by atoms with Gasteiger partial charge in [-0.3, -0.25) is 4.79 Å². The minimum absolute atomic E-state index is 0.249. The van der Waals surface area contributed by atoms with E-state index in [2.05, 4.69) is 26.4 Å². The van der Waals surface area contributed by atoms with Crippen molar-refractivity contribution < 1.29 is 14.1 Å². The van der Waals surface area contributed by atoms with Crippen LogP contribution in [0.25, 0.3) is 0 Å². The lowest BCUT2D eigenvalue weighted by atomic mass is 10.2. The van der Waals surface area contributed by atoms with E-state index in [1.54, 1.807) is 13.2 Å². The molecule has 1 amide bonds. The standard InChI is InChI=1S/C13H13BrN2O3/c1-18-8-10-6-12(16-19-10)13(17)15-7-9-4-2-3-5-11(9)14/h2-6H,7-8H2,1H3,(H,15,17). The number of benzene rings is 1. The average Bonchev–Trinajstić information content (AvgIpc) is 2.87. The second-order valence-electron chi connectivity index (χ2n) is 3.89. The molecule has 2 rings (SSSR count). The summed E-state index contributed by atoms with van der Waals surface area (Å²) in [5.41, 5.74) is 1.25. The Bertz CT molecular complexity index is 569. The maximum absolute atomic E-state index is 11.9. The number of rotatable bonds is 5. The zero-order chi connectivity index (χ0) is 13.7. The Kier molecular flexibility index (Phi) is 4.70. The summed E-state index contributed by atoms with van der Waals surface area (Å²) in [6, 6.07) is 9.26. The van der Waals surface area contributed by atoms with Crippen molar-refractivity contribution in [3.63, 3.8) is 0 Å². The van der Waals surface area contributed by atoms with Crippen molar-refractivity contribution in [2.75, 3.05) is 7.11 Å². The van der Waals surface area contributed by atoms with Gasteiger partial charge in [0.25, 0.3) is 5.91 Å². The predicted molar refractivity (Wildman–Crippen MR) is 72.5 cm³/mol. The van der Waals surface area contributed by atoms with Gasteiger partial charge in [0.1, 0.15) is 6.61 Å². The predicted octanol–water partition coefficient (Wildman–Crippen LogP) is 2.51. The van der Waals surface area contributed by atoms with Gasteiger partial charge in [-0.2, -0.15) is 0 Å². The van der Waals surface area contributed by atoms with Gasteiger partial charge < -0.3 is 14.6 Å². The van der Waals surface area contributed by atoms with Crippen molar-refractivity contribution in [3.05, 3.63) is 51.8 Å². The Morgan fingerprint density at radius 1 is 1.47 bits per heavy atom. The molecule has 19 heavy (non-hydrogen) atoms. The van der Waals surface area contributed by atoms with E-state index < -0.39 is 0 Å². The minimum atomic E-state index is -0.276. The van der Waals surface area contributed by atoms with Crippen LogP contribution in [0.1, 0.15) is 21.8 Å². The molecule has 0 fully saturated rings. The molecular weight excluding hydrogens is 312 g/mol. The van der Waals surface area contributed by atoms with E-state index in [-0.39, 0.29) is 11.6 Å². The van der Waals surface area contributed by atoms with Crippen molar-refractivity contribution in [3.8, 4) is 0 Å². The molecule has 0 aliphatic rings. The molecule has 2 aromatic rings. The van der Waals surface area contributed by atoms with Crippen LogP contribution in [-0.2, 0) is 17.9 Å². The third-order valence-electron chi connectivity index (χ3n) is 2.48. The number of amides is 1. The number of ether oxygens (including phenoxy) is 1. The van der Waals surface area contributed by atoms with Crippen LogP contribution in [0.15, 0.2) is 39.3 Å². The first-order valence-electron chi connectivity index (χ1n) is 5.67. The lowest BCUT2D eigenvalue weighted by Gasteiger charge is -2.04. The van der Waals surface area contributed by atoms with Gasteiger partial charge in [-0.1, -0.05) is 39.3 Å². The number of hydrogen-bond donors (Lipinski definition) is 1. The van der Waals surface area contributed by atoms with Crippen LogP contribution < -0.4 is 5.32 Å². The number of halogens is 1. The quantitative estimate of drug-likeness (QED) is 0.917. The van der Waals surface area contributed by atoms with Gasteiger partial charge >= 0.3 is 0 Å². The number of aromatic nitrogens is 1. The van der Waals surface area contributed by atoms with E-state index in [9.17, 15) is 4.79 Å². The second kappa shape index (κ2) is 6.49. The summed E-state index contributed by atoms with van der Waals surface area (Å²) in [6.07, 6.45) is 0. The summed E-state index contributed by atoms with van der Waals surface area (Å²) in [5.74, 6) is 0.246. The highest BCUT2D eigenvalue weighted by Gasteiger charge is 2.12. The fourth-order valence-electron chi connectivity index (χ4n) is 1.54. The average molecular weight is 325 g/mol. The number of methoxy groups -OCH3 is 1. The molecule has 1 aromatic carbocycles. The summed E-state index contributed by atoms with van der Waals surface area (Å²) in [5, 5.41) is 6.47. The van der Waals surface area contributed by atoms with E-state index >= 15 is 0 Å². The number of carbonyl (C=O) groups is 1. The monoisotopic (exact) mass is 324 g/mol. The lowest BCUT2D eigenvalue weighted by Crippen LogP contribution is -2.23. The number of carbonyl (C=O) groups excluding carboxylic acids is 1. The molecule has 0 unspecified atom stereocenters. The van der Waals surface area contributed by atoms with Gasteiger partial charge in [-0.15, -0.1) is 0 Å². The highest BCUT2D eigenvalue weighted by Crippen LogP contribution is 2.15. The fraction of sp³-hybridized carbons (Fsp3) is 0.231. The van der Waals surface area contributed by atoms with Crippen LogP contribution in [0, 0.1) is 0 Å². The van der Waals surface area contributed by atoms with Gasteiger partial charge in [0.05, 0.1) is 0 Å². The molecular formula is C13H13BrN2O3. The Morgan fingerprint density at radius 2 is 2.26 bits per heavy atom. The molecule has 0 radical (unpaired) electrons. The van der Waals surface area contributed by atoms with Gasteiger partial charge in [0.2, 0.25) is 0 Å². The van der Waals surface area contributed by atoms with Crippen LogP contribution in [0.5, 0.6) is 0 Å². The van der Waals surface area contributed by atoms with Gasteiger partial charge in [0, 0.05) is 24.2 Å². The molecule has 100 valence electrons. The topological polar surface area (TPSA) is 64.4 Å². The molecule has 0 spiro atoms. The number of nitrogens with one attached hydrogen (secondary N) is 1. The highest BCUT2D eigenvalue weighted by molar-refractivity contribution is 9.10. The SMILES string of the molecule is COCc1cc(C(=O)NCc2ccccc2Br)no1. The molecule has 0 atom stereocenters. The molecule has 5 nitrogen and oxygen atoms in total. The zero-order valence-corrected chi connectivity index (χ0v) is 11.9.